The zero-order chi connectivity index (χ0) is 14.7. The van der Waals surface area contributed by atoms with Gasteiger partial charge in [0.1, 0.15) is 23.0 Å². The summed E-state index contributed by atoms with van der Waals surface area (Å²) in [5.41, 5.74) is 0.0846. The Bertz CT molecular complexity index is 655. The average Bonchev–Trinajstić information content (AvgIpc) is 2.79. The number of para-hydroxylation sites is 1. The van der Waals surface area contributed by atoms with Crippen molar-refractivity contribution in [2.45, 2.75) is 0 Å². The lowest BCUT2D eigenvalue weighted by Gasteiger charge is -2.10. The van der Waals surface area contributed by atoms with Crippen LogP contribution < -0.4 is 5.32 Å². The number of aryl methyl sites for hydroxylation is 1. The fourth-order valence-electron chi connectivity index (χ4n) is 1.73. The number of aliphatic imine (C=N–C) groups is 2. The Morgan fingerprint density at radius 3 is 2.55 bits per heavy atom. The highest BCUT2D eigenvalue weighted by atomic mass is 19.1. The van der Waals surface area contributed by atoms with Crippen LogP contribution in [0.2, 0.25) is 0 Å². The molecule has 1 aromatic heterocycles. The molecule has 104 valence electrons. The molecular formula is C13H13F2N5. The number of hydrogen-bond donors (Lipinski definition) is 1. The van der Waals surface area contributed by atoms with Gasteiger partial charge in [0, 0.05) is 14.1 Å². The largest absolute Gasteiger partial charge is 0.334 e. The van der Waals surface area contributed by atoms with E-state index in [4.69, 9.17) is 0 Å². The Kier molecular flexibility index (Phi) is 3.88. The van der Waals surface area contributed by atoms with Gasteiger partial charge in [-0.3, -0.25) is 4.99 Å². The first kappa shape index (κ1) is 13.9. The third-order valence-electron chi connectivity index (χ3n) is 2.71. The van der Waals surface area contributed by atoms with E-state index in [1.807, 2.05) is 0 Å². The number of hydrogen-bond acceptors (Lipinski definition) is 3. The van der Waals surface area contributed by atoms with Gasteiger partial charge in [-0.05, 0) is 18.9 Å². The van der Waals surface area contributed by atoms with Crippen molar-refractivity contribution < 1.29 is 8.78 Å². The Hall–Kier alpha value is -2.57. The van der Waals surface area contributed by atoms with E-state index in [2.05, 4.69) is 27.0 Å². The topological polar surface area (TPSA) is 54.6 Å². The number of rotatable bonds is 3. The molecule has 1 aromatic carbocycles. The molecular weight excluding hydrogens is 264 g/mol. The number of nitrogens with zero attached hydrogens (tertiary/aromatic N) is 4. The van der Waals surface area contributed by atoms with Gasteiger partial charge >= 0.3 is 0 Å². The Morgan fingerprint density at radius 1 is 1.35 bits per heavy atom. The molecule has 2 aromatic rings. The first-order valence-corrected chi connectivity index (χ1v) is 5.74. The number of imidazole rings is 1. The van der Waals surface area contributed by atoms with Gasteiger partial charge in [0.25, 0.3) is 0 Å². The summed E-state index contributed by atoms with van der Waals surface area (Å²) in [6.45, 7) is 3.44. The van der Waals surface area contributed by atoms with Gasteiger partial charge in [-0.2, -0.15) is 0 Å². The molecule has 0 aliphatic carbocycles. The minimum atomic E-state index is -0.713. The second kappa shape index (κ2) is 5.60. The fraction of sp³-hybridized carbons (Fsp3) is 0.154. The summed E-state index contributed by atoms with van der Waals surface area (Å²) >= 11 is 0. The minimum absolute atomic E-state index is 0.206. The maximum atomic E-state index is 13.6. The number of nitrogens with one attached hydrogen (secondary N) is 1. The van der Waals surface area contributed by atoms with Crippen molar-refractivity contribution in [3.05, 3.63) is 41.9 Å². The SMILES string of the molecule is C=Nc1c(C(=NC)Nc2c(F)cccc2F)ncn1C. The summed E-state index contributed by atoms with van der Waals surface area (Å²) in [5.74, 6) is -0.766. The van der Waals surface area contributed by atoms with E-state index in [0.29, 0.717) is 11.5 Å². The Labute approximate surface area is 114 Å². The van der Waals surface area contributed by atoms with Crippen LogP contribution in [-0.4, -0.2) is 29.2 Å². The van der Waals surface area contributed by atoms with Crippen molar-refractivity contribution >= 4 is 24.1 Å². The predicted octanol–water partition coefficient (Wildman–Crippen LogP) is 2.52. The van der Waals surface area contributed by atoms with E-state index in [-0.39, 0.29) is 11.5 Å². The second-order valence-corrected chi connectivity index (χ2v) is 3.98. The molecule has 0 aliphatic rings. The first-order chi connectivity index (χ1) is 9.58. The van der Waals surface area contributed by atoms with Crippen LogP contribution in [0.3, 0.4) is 0 Å². The molecule has 2 rings (SSSR count). The molecule has 20 heavy (non-hydrogen) atoms. The van der Waals surface area contributed by atoms with Crippen LogP contribution in [0.5, 0.6) is 0 Å². The molecule has 0 bridgehead atoms. The summed E-state index contributed by atoms with van der Waals surface area (Å²) in [7, 11) is 3.22. The smallest absolute Gasteiger partial charge is 0.162 e. The summed E-state index contributed by atoms with van der Waals surface area (Å²) in [4.78, 5) is 11.9. The molecule has 0 fully saturated rings. The normalized spacial score (nSPS) is 11.5. The highest BCUT2D eigenvalue weighted by Gasteiger charge is 2.17. The number of anilines is 1. The van der Waals surface area contributed by atoms with Crippen LogP contribution in [0.4, 0.5) is 20.3 Å². The predicted molar refractivity (Wildman–Crippen MR) is 74.9 cm³/mol. The van der Waals surface area contributed by atoms with Gasteiger partial charge in [-0.1, -0.05) is 6.07 Å². The molecule has 0 saturated carbocycles. The van der Waals surface area contributed by atoms with E-state index in [1.54, 1.807) is 11.6 Å². The molecule has 0 atom stereocenters. The van der Waals surface area contributed by atoms with Crippen LogP contribution >= 0.6 is 0 Å². The standard InChI is InChI=1S/C13H13F2N5/c1-16-12(11-13(17-2)20(3)7-18-11)19-10-8(14)5-4-6-9(10)15/h4-7H,2H2,1,3H3,(H,16,19). The second-order valence-electron chi connectivity index (χ2n) is 3.98. The summed E-state index contributed by atoms with van der Waals surface area (Å²) in [5, 5.41) is 2.61. The fourth-order valence-corrected chi connectivity index (χ4v) is 1.73. The first-order valence-electron chi connectivity index (χ1n) is 5.74. The van der Waals surface area contributed by atoms with Crippen molar-refractivity contribution in [2.75, 3.05) is 12.4 Å². The van der Waals surface area contributed by atoms with E-state index in [1.165, 1.54) is 19.4 Å². The Balaban J connectivity index is 2.42. The van der Waals surface area contributed by atoms with Gasteiger partial charge < -0.3 is 9.88 Å². The molecule has 0 amide bonds. The lowest BCUT2D eigenvalue weighted by molar-refractivity contribution is 0.591. The quantitative estimate of drug-likeness (QED) is 0.692. The molecule has 5 nitrogen and oxygen atoms in total. The van der Waals surface area contributed by atoms with Crippen LogP contribution in [0.25, 0.3) is 0 Å². The zero-order valence-corrected chi connectivity index (χ0v) is 11.1. The third-order valence-corrected chi connectivity index (χ3v) is 2.71. The lowest BCUT2D eigenvalue weighted by Crippen LogP contribution is -2.16. The molecule has 0 radical (unpaired) electrons. The minimum Gasteiger partial charge on any atom is -0.334 e. The van der Waals surface area contributed by atoms with E-state index in [9.17, 15) is 8.78 Å². The van der Waals surface area contributed by atoms with Crippen molar-refractivity contribution in [3.8, 4) is 0 Å². The monoisotopic (exact) mass is 277 g/mol. The summed E-state index contributed by atoms with van der Waals surface area (Å²) in [6.07, 6.45) is 1.52. The van der Waals surface area contributed by atoms with Gasteiger partial charge in [0.05, 0.1) is 6.33 Å². The molecule has 7 heteroatoms. The molecule has 0 unspecified atom stereocenters. The van der Waals surface area contributed by atoms with Crippen molar-refractivity contribution in [3.63, 3.8) is 0 Å². The Morgan fingerprint density at radius 2 is 2.00 bits per heavy atom. The van der Waals surface area contributed by atoms with Gasteiger partial charge in [0.2, 0.25) is 0 Å². The van der Waals surface area contributed by atoms with Crippen molar-refractivity contribution in [1.29, 1.82) is 0 Å². The summed E-state index contributed by atoms with van der Waals surface area (Å²) < 4.78 is 28.9. The molecule has 1 heterocycles. The third kappa shape index (κ3) is 2.42. The van der Waals surface area contributed by atoms with Gasteiger partial charge in [0.15, 0.2) is 11.7 Å². The molecule has 0 spiro atoms. The number of amidine groups is 1. The van der Waals surface area contributed by atoms with Crippen LogP contribution in [0.15, 0.2) is 34.5 Å². The van der Waals surface area contributed by atoms with Crippen LogP contribution in [-0.2, 0) is 7.05 Å². The van der Waals surface area contributed by atoms with Crippen LogP contribution in [0.1, 0.15) is 5.69 Å². The summed E-state index contributed by atoms with van der Waals surface area (Å²) in [6, 6.07) is 3.60. The van der Waals surface area contributed by atoms with E-state index >= 15 is 0 Å². The number of halogens is 2. The maximum Gasteiger partial charge on any atom is 0.162 e. The van der Waals surface area contributed by atoms with E-state index < -0.39 is 11.6 Å². The maximum absolute atomic E-state index is 13.6. The van der Waals surface area contributed by atoms with E-state index in [0.717, 1.165) is 12.1 Å². The molecule has 1 N–H and O–H groups in total. The van der Waals surface area contributed by atoms with Gasteiger partial charge in [-0.15, -0.1) is 0 Å². The molecule has 0 aliphatic heterocycles. The zero-order valence-electron chi connectivity index (χ0n) is 11.1. The highest BCUT2D eigenvalue weighted by Crippen LogP contribution is 2.22. The van der Waals surface area contributed by atoms with Crippen LogP contribution in [0, 0.1) is 11.6 Å². The number of benzene rings is 1. The highest BCUT2D eigenvalue weighted by molar-refractivity contribution is 6.09. The average molecular weight is 277 g/mol. The van der Waals surface area contributed by atoms with Gasteiger partial charge in [-0.25, -0.2) is 18.8 Å². The van der Waals surface area contributed by atoms with Crippen molar-refractivity contribution in [1.82, 2.24) is 9.55 Å². The lowest BCUT2D eigenvalue weighted by atomic mass is 10.2. The van der Waals surface area contributed by atoms with Crippen molar-refractivity contribution in [2.24, 2.45) is 17.0 Å². The molecule has 0 saturated heterocycles. The number of aromatic nitrogens is 2.